The van der Waals surface area contributed by atoms with Crippen molar-refractivity contribution in [2.45, 2.75) is 38.3 Å². The zero-order valence-corrected chi connectivity index (χ0v) is 8.42. The average Bonchev–Trinajstić information content (AvgIpc) is 2.82. The zero-order valence-electron chi connectivity index (χ0n) is 8.42. The van der Waals surface area contributed by atoms with E-state index in [1.54, 1.807) is 6.92 Å². The predicted molar refractivity (Wildman–Crippen MR) is 52.1 cm³/mol. The van der Waals surface area contributed by atoms with Crippen molar-refractivity contribution in [1.29, 1.82) is 0 Å². The first kappa shape index (κ1) is 10.5. The van der Waals surface area contributed by atoms with Crippen LogP contribution in [0.5, 0.6) is 0 Å². The number of amides is 1. The van der Waals surface area contributed by atoms with E-state index in [1.807, 2.05) is 0 Å². The number of rotatable bonds is 5. The third-order valence-electron chi connectivity index (χ3n) is 2.56. The van der Waals surface area contributed by atoms with Gasteiger partial charge >= 0.3 is 0 Å². The molecule has 1 aliphatic rings. The first-order valence-electron chi connectivity index (χ1n) is 4.80. The van der Waals surface area contributed by atoms with Gasteiger partial charge in [-0.3, -0.25) is 9.69 Å². The quantitative estimate of drug-likeness (QED) is 0.616. The fourth-order valence-electron chi connectivity index (χ4n) is 1.44. The van der Waals surface area contributed by atoms with Crippen LogP contribution in [0.15, 0.2) is 0 Å². The molecular formula is C9H19N3O. The minimum atomic E-state index is -0.890. The number of primary amides is 1. The van der Waals surface area contributed by atoms with Crippen LogP contribution in [-0.4, -0.2) is 35.5 Å². The van der Waals surface area contributed by atoms with Gasteiger partial charge in [-0.05, 0) is 26.3 Å². The van der Waals surface area contributed by atoms with Crippen molar-refractivity contribution in [3.05, 3.63) is 0 Å². The summed E-state index contributed by atoms with van der Waals surface area (Å²) in [5, 5.41) is 0. The van der Waals surface area contributed by atoms with Gasteiger partial charge in [0.2, 0.25) is 5.91 Å². The maximum atomic E-state index is 11.0. The lowest BCUT2D eigenvalue weighted by Crippen LogP contribution is -2.57. The highest BCUT2D eigenvalue weighted by atomic mass is 16.1. The standard InChI is InChI=1S/C9H19N3O/c1-3-12(7-4-5-7)6-9(2,11)8(10)13/h7H,3-6,11H2,1-2H3,(H2,10,13). The summed E-state index contributed by atoms with van der Waals surface area (Å²) in [6.07, 6.45) is 2.45. The second-order valence-corrected chi connectivity index (χ2v) is 4.08. The van der Waals surface area contributed by atoms with Gasteiger partial charge < -0.3 is 11.5 Å². The van der Waals surface area contributed by atoms with Crippen LogP contribution < -0.4 is 11.5 Å². The molecule has 4 heteroatoms. The summed E-state index contributed by atoms with van der Waals surface area (Å²) in [7, 11) is 0. The second-order valence-electron chi connectivity index (χ2n) is 4.08. The normalized spacial score (nSPS) is 21.5. The Morgan fingerprint density at radius 3 is 2.46 bits per heavy atom. The van der Waals surface area contributed by atoms with Gasteiger partial charge in [0.05, 0.1) is 0 Å². The Balaban J connectivity index is 2.48. The summed E-state index contributed by atoms with van der Waals surface area (Å²) >= 11 is 0. The van der Waals surface area contributed by atoms with Crippen molar-refractivity contribution in [2.75, 3.05) is 13.1 Å². The van der Waals surface area contributed by atoms with Crippen LogP contribution >= 0.6 is 0 Å². The number of nitrogens with zero attached hydrogens (tertiary/aromatic N) is 1. The summed E-state index contributed by atoms with van der Waals surface area (Å²) in [5.41, 5.74) is 10.1. The molecule has 1 saturated carbocycles. The van der Waals surface area contributed by atoms with Crippen molar-refractivity contribution in [1.82, 2.24) is 4.90 Å². The first-order chi connectivity index (χ1) is 5.97. The third kappa shape index (κ3) is 2.67. The molecule has 0 spiro atoms. The van der Waals surface area contributed by atoms with Crippen LogP contribution in [0.4, 0.5) is 0 Å². The van der Waals surface area contributed by atoms with Crippen molar-refractivity contribution >= 4 is 5.91 Å². The number of carbonyl (C=O) groups excluding carboxylic acids is 1. The molecule has 1 unspecified atom stereocenters. The van der Waals surface area contributed by atoms with Crippen LogP contribution in [0.2, 0.25) is 0 Å². The van der Waals surface area contributed by atoms with Gasteiger partial charge in [-0.25, -0.2) is 0 Å². The number of hydrogen-bond donors (Lipinski definition) is 2. The lowest BCUT2D eigenvalue weighted by atomic mass is 10.0. The van der Waals surface area contributed by atoms with Crippen LogP contribution in [0.3, 0.4) is 0 Å². The molecule has 0 saturated heterocycles. The summed E-state index contributed by atoms with van der Waals surface area (Å²) in [5.74, 6) is -0.424. The molecule has 1 fully saturated rings. The number of nitrogens with two attached hydrogens (primary N) is 2. The Morgan fingerprint density at radius 1 is 1.62 bits per heavy atom. The second kappa shape index (κ2) is 3.64. The average molecular weight is 185 g/mol. The molecule has 0 radical (unpaired) electrons. The van der Waals surface area contributed by atoms with E-state index in [1.165, 1.54) is 12.8 Å². The Bertz CT molecular complexity index is 199. The number of carbonyl (C=O) groups is 1. The molecule has 1 amide bonds. The minimum Gasteiger partial charge on any atom is -0.368 e. The third-order valence-corrected chi connectivity index (χ3v) is 2.56. The van der Waals surface area contributed by atoms with Crippen LogP contribution in [0, 0.1) is 0 Å². The minimum absolute atomic E-state index is 0.424. The molecule has 0 heterocycles. The summed E-state index contributed by atoms with van der Waals surface area (Å²) in [6, 6.07) is 0.632. The molecule has 0 aromatic carbocycles. The molecule has 0 aromatic heterocycles. The summed E-state index contributed by atoms with van der Waals surface area (Å²) in [4.78, 5) is 13.2. The van der Waals surface area contributed by atoms with Gasteiger partial charge in [0.1, 0.15) is 5.54 Å². The van der Waals surface area contributed by atoms with E-state index in [-0.39, 0.29) is 0 Å². The van der Waals surface area contributed by atoms with Crippen LogP contribution in [0.1, 0.15) is 26.7 Å². The highest BCUT2D eigenvalue weighted by molar-refractivity contribution is 5.84. The van der Waals surface area contributed by atoms with E-state index in [9.17, 15) is 4.79 Å². The largest absolute Gasteiger partial charge is 0.368 e. The lowest BCUT2D eigenvalue weighted by molar-refractivity contribution is -0.123. The van der Waals surface area contributed by atoms with Crippen LogP contribution in [0.25, 0.3) is 0 Å². The molecule has 0 aromatic rings. The molecule has 4 N–H and O–H groups in total. The zero-order chi connectivity index (χ0) is 10.1. The molecule has 0 bridgehead atoms. The molecule has 4 nitrogen and oxygen atoms in total. The fraction of sp³-hybridized carbons (Fsp3) is 0.889. The Hall–Kier alpha value is -0.610. The SMILES string of the molecule is CCN(CC(C)(N)C(N)=O)C1CC1. The van der Waals surface area contributed by atoms with Crippen molar-refractivity contribution in [3.63, 3.8) is 0 Å². The van der Waals surface area contributed by atoms with Gasteiger partial charge in [0, 0.05) is 12.6 Å². The fourth-order valence-corrected chi connectivity index (χ4v) is 1.44. The smallest absolute Gasteiger partial charge is 0.238 e. The highest BCUT2D eigenvalue weighted by Crippen LogP contribution is 2.27. The van der Waals surface area contributed by atoms with E-state index in [0.717, 1.165) is 6.54 Å². The molecule has 1 aliphatic carbocycles. The summed E-state index contributed by atoms with van der Waals surface area (Å²) < 4.78 is 0. The van der Waals surface area contributed by atoms with E-state index >= 15 is 0 Å². The van der Waals surface area contributed by atoms with E-state index in [0.29, 0.717) is 12.6 Å². The molecular weight excluding hydrogens is 166 g/mol. The van der Waals surface area contributed by atoms with Crippen molar-refractivity contribution < 1.29 is 4.79 Å². The van der Waals surface area contributed by atoms with Gasteiger partial charge in [-0.15, -0.1) is 0 Å². The van der Waals surface area contributed by atoms with Crippen molar-refractivity contribution in [3.8, 4) is 0 Å². The van der Waals surface area contributed by atoms with Crippen LogP contribution in [-0.2, 0) is 4.79 Å². The maximum absolute atomic E-state index is 11.0. The van der Waals surface area contributed by atoms with Gasteiger partial charge in [0.15, 0.2) is 0 Å². The number of hydrogen-bond acceptors (Lipinski definition) is 3. The van der Waals surface area contributed by atoms with E-state index in [2.05, 4.69) is 11.8 Å². The molecule has 0 aliphatic heterocycles. The summed E-state index contributed by atoms with van der Waals surface area (Å²) in [6.45, 7) is 5.28. The molecule has 1 atom stereocenters. The molecule has 1 rings (SSSR count). The Kier molecular flexibility index (Phi) is 2.93. The van der Waals surface area contributed by atoms with Gasteiger partial charge in [0.25, 0.3) is 0 Å². The monoisotopic (exact) mass is 185 g/mol. The van der Waals surface area contributed by atoms with E-state index in [4.69, 9.17) is 11.5 Å². The number of likely N-dealkylation sites (N-methyl/N-ethyl adjacent to an activating group) is 1. The Morgan fingerprint density at radius 2 is 2.15 bits per heavy atom. The van der Waals surface area contributed by atoms with Crippen molar-refractivity contribution in [2.24, 2.45) is 11.5 Å². The van der Waals surface area contributed by atoms with Gasteiger partial charge in [-0.2, -0.15) is 0 Å². The maximum Gasteiger partial charge on any atom is 0.238 e. The molecule has 76 valence electrons. The predicted octanol–water partition coefficient (Wildman–Crippen LogP) is -0.327. The lowest BCUT2D eigenvalue weighted by Gasteiger charge is -2.29. The highest BCUT2D eigenvalue weighted by Gasteiger charge is 2.34. The van der Waals surface area contributed by atoms with Gasteiger partial charge in [-0.1, -0.05) is 6.92 Å². The molecule has 13 heavy (non-hydrogen) atoms. The van der Waals surface area contributed by atoms with E-state index < -0.39 is 11.4 Å². The Labute approximate surface area is 79.3 Å². The topological polar surface area (TPSA) is 72.3 Å². The first-order valence-corrected chi connectivity index (χ1v) is 4.80.